The van der Waals surface area contributed by atoms with Gasteiger partial charge in [-0.1, -0.05) is 105 Å². The van der Waals surface area contributed by atoms with Gasteiger partial charge in [-0.3, -0.25) is 52.7 Å². The molecule has 0 radical (unpaired) electrons. The van der Waals surface area contributed by atoms with E-state index in [1.54, 1.807) is 44.2 Å². The van der Waals surface area contributed by atoms with Gasteiger partial charge >= 0.3 is 0 Å². The van der Waals surface area contributed by atoms with Crippen LogP contribution in [0, 0.1) is 5.92 Å². The highest BCUT2D eigenvalue weighted by molar-refractivity contribution is 8.76. The summed E-state index contributed by atoms with van der Waals surface area (Å²) in [5.41, 5.74) is 35.7. The van der Waals surface area contributed by atoms with Gasteiger partial charge in [-0.05, 0) is 83.1 Å². The van der Waals surface area contributed by atoms with Gasteiger partial charge in [0.1, 0.15) is 60.4 Å². The zero-order chi connectivity index (χ0) is 62.0. The van der Waals surface area contributed by atoms with E-state index < -0.39 is 132 Å². The molecule has 1 aliphatic rings. The number of nitrogens with two attached hydrogens (primary N) is 6. The summed E-state index contributed by atoms with van der Waals surface area (Å²) in [6.07, 6.45) is 3.45. The molecule has 11 atom stereocenters. The van der Waals surface area contributed by atoms with Crippen molar-refractivity contribution in [3.63, 3.8) is 0 Å². The standard InChI is InChI=1S/C53H92N16O12S2/c1-5-6-7-8-9-13-16-42(71)60-39(27-58)51(79)69-43(31(4)70)53(81)64-36(20-24-57)48(76)68-41-29-83-82-28-40(44(59)72)67-47(75)35(19-23-56)61-45(73)33(17-21-54)62-49(77)37(25-30(2)3)65-50(78)38(26-32-14-11-10-12-15-32)66-46(74)34(18-22-55)63-52(41)80/h10-12,14-15,30-31,33-41,43,70H,5-9,13,16-29,54-58H2,1-4H3,(H2,59,72)(H,60,71)(H,61,73)(H,62,77)(H,63,80)(H,64,81)(H,65,78)(H,66,74)(H,67,75)(H,68,76)(H,69,79)/t31-,33+,34?,35+,36+,37+,38+,39+,40?,41?,43+/m1/s1. The number of unbranched alkanes of at least 4 members (excludes halogenated alkanes) is 5. The molecule has 23 N–H and O–H groups in total. The van der Waals surface area contributed by atoms with E-state index in [0.29, 0.717) is 12.0 Å². The fraction of sp³-hybridized carbons (Fsp3) is 0.679. The lowest BCUT2D eigenvalue weighted by Crippen LogP contribution is -2.62. The molecule has 0 aromatic heterocycles. The fourth-order valence-corrected chi connectivity index (χ4v) is 10.8. The van der Waals surface area contributed by atoms with Gasteiger partial charge in [-0.25, -0.2) is 0 Å². The summed E-state index contributed by atoms with van der Waals surface area (Å²) >= 11 is 0. The average Bonchev–Trinajstić information content (AvgIpc) is 3.47. The summed E-state index contributed by atoms with van der Waals surface area (Å²) in [7, 11) is 1.86. The number of carbonyl (C=O) groups is 11. The maximum atomic E-state index is 14.5. The second-order valence-corrected chi connectivity index (χ2v) is 23.2. The van der Waals surface area contributed by atoms with Crippen LogP contribution in [0.5, 0.6) is 0 Å². The Kier molecular flexibility index (Phi) is 35.3. The van der Waals surface area contributed by atoms with Crippen LogP contribution in [0.15, 0.2) is 30.3 Å². The summed E-state index contributed by atoms with van der Waals surface area (Å²) < 4.78 is 0. The Morgan fingerprint density at radius 3 is 1.63 bits per heavy atom. The molecule has 468 valence electrons. The highest BCUT2D eigenvalue weighted by Crippen LogP contribution is 2.24. The van der Waals surface area contributed by atoms with E-state index in [1.807, 2.05) is 0 Å². The molecule has 1 aromatic carbocycles. The Labute approximate surface area is 493 Å². The molecule has 28 nitrogen and oxygen atoms in total. The Hall–Kier alpha value is -6.15. The predicted octanol–water partition coefficient (Wildman–Crippen LogP) is -4.51. The normalized spacial score (nSPS) is 22.4. The first kappa shape index (κ1) is 73.0. The minimum atomic E-state index is -1.69. The van der Waals surface area contributed by atoms with E-state index in [2.05, 4.69) is 60.1 Å². The summed E-state index contributed by atoms with van der Waals surface area (Å²) in [5.74, 6) is -10.2. The van der Waals surface area contributed by atoms with Crippen LogP contribution in [0.3, 0.4) is 0 Å². The van der Waals surface area contributed by atoms with E-state index in [-0.39, 0.29) is 95.1 Å². The van der Waals surface area contributed by atoms with Crippen LogP contribution in [-0.2, 0) is 59.2 Å². The Morgan fingerprint density at radius 1 is 0.590 bits per heavy atom. The number of aliphatic hydroxyl groups excluding tert-OH is 1. The highest BCUT2D eigenvalue weighted by atomic mass is 33.1. The van der Waals surface area contributed by atoms with Gasteiger partial charge < -0.3 is 92.7 Å². The van der Waals surface area contributed by atoms with Gasteiger partial charge in [0, 0.05) is 30.9 Å². The lowest BCUT2D eigenvalue weighted by molar-refractivity contribution is -0.136. The molecule has 0 bridgehead atoms. The molecule has 2 rings (SSSR count). The average molecular weight is 1210 g/mol. The van der Waals surface area contributed by atoms with Crippen molar-refractivity contribution >= 4 is 86.6 Å². The van der Waals surface area contributed by atoms with E-state index >= 15 is 0 Å². The molecule has 0 spiro atoms. The number of hydrogen-bond acceptors (Lipinski definition) is 19. The largest absolute Gasteiger partial charge is 0.391 e. The molecule has 83 heavy (non-hydrogen) atoms. The molecule has 1 heterocycles. The summed E-state index contributed by atoms with van der Waals surface area (Å²) in [6, 6.07) is -5.58. The van der Waals surface area contributed by atoms with Crippen LogP contribution in [-0.4, -0.2) is 181 Å². The number of benzene rings is 1. The van der Waals surface area contributed by atoms with Crippen molar-refractivity contribution in [1.29, 1.82) is 0 Å². The first-order valence-corrected chi connectivity index (χ1v) is 30.8. The second-order valence-electron chi connectivity index (χ2n) is 20.7. The molecular weight excluding hydrogens is 1120 g/mol. The number of primary amides is 1. The lowest BCUT2D eigenvalue weighted by Gasteiger charge is -2.28. The third-order valence-electron chi connectivity index (χ3n) is 13.2. The van der Waals surface area contributed by atoms with Crippen molar-refractivity contribution in [2.24, 2.45) is 40.3 Å². The monoisotopic (exact) mass is 1210 g/mol. The zero-order valence-corrected chi connectivity index (χ0v) is 49.8. The van der Waals surface area contributed by atoms with Gasteiger partial charge in [0.2, 0.25) is 65.0 Å². The molecule has 1 aromatic rings. The highest BCUT2D eigenvalue weighted by Gasteiger charge is 2.37. The molecule has 1 aliphatic heterocycles. The van der Waals surface area contributed by atoms with Crippen molar-refractivity contribution in [2.75, 3.05) is 44.2 Å². The zero-order valence-electron chi connectivity index (χ0n) is 48.2. The van der Waals surface area contributed by atoms with Gasteiger partial charge in [0.05, 0.1) is 6.10 Å². The van der Waals surface area contributed by atoms with E-state index in [4.69, 9.17) is 34.4 Å². The van der Waals surface area contributed by atoms with Crippen molar-refractivity contribution < 1.29 is 57.8 Å². The topological polar surface area (TPSA) is 484 Å². The third kappa shape index (κ3) is 27.4. The SMILES string of the molecule is CCCCCCCCC(=O)N[C@@H](CN)C(=O)N[C@H](C(=O)N[C@@H](CCN)C(=O)NC1CSSCC(C(N)=O)NC(=O)[C@H](CCN)NC(=O)[C@H](CCN)NC(=O)[C@H](CC(C)C)NC(=O)[C@H](Cc2ccccc2)NC(=O)C(CCN)NC1=O)[C@@H](C)O. The van der Waals surface area contributed by atoms with Crippen LogP contribution in [0.2, 0.25) is 0 Å². The van der Waals surface area contributed by atoms with Crippen LogP contribution in [0.1, 0.15) is 110 Å². The number of aliphatic hydroxyl groups is 1. The number of amides is 11. The van der Waals surface area contributed by atoms with Crippen molar-refractivity contribution in [3.05, 3.63) is 35.9 Å². The van der Waals surface area contributed by atoms with Crippen molar-refractivity contribution in [3.8, 4) is 0 Å². The van der Waals surface area contributed by atoms with Crippen molar-refractivity contribution in [2.45, 2.75) is 178 Å². The molecule has 1 fully saturated rings. The minimum Gasteiger partial charge on any atom is -0.391 e. The molecule has 0 aliphatic carbocycles. The van der Waals surface area contributed by atoms with Gasteiger partial charge in [-0.15, -0.1) is 0 Å². The lowest BCUT2D eigenvalue weighted by atomic mass is 10.00. The Morgan fingerprint density at radius 2 is 1.10 bits per heavy atom. The molecule has 1 saturated heterocycles. The third-order valence-corrected chi connectivity index (χ3v) is 15.6. The number of hydrogen-bond donors (Lipinski definition) is 17. The first-order chi connectivity index (χ1) is 39.5. The summed E-state index contributed by atoms with van der Waals surface area (Å²) in [6.45, 7) is 5.99. The van der Waals surface area contributed by atoms with Crippen LogP contribution < -0.4 is 87.6 Å². The fourth-order valence-electron chi connectivity index (χ4n) is 8.50. The van der Waals surface area contributed by atoms with Crippen molar-refractivity contribution in [1.82, 2.24) is 53.2 Å². The maximum Gasteiger partial charge on any atom is 0.245 e. The Balaban J connectivity index is 2.62. The second kappa shape index (κ2) is 40.2. The maximum absolute atomic E-state index is 14.5. The number of nitrogens with one attached hydrogen (secondary N) is 10. The van der Waals surface area contributed by atoms with Gasteiger partial charge in [-0.2, -0.15) is 0 Å². The van der Waals surface area contributed by atoms with Crippen LogP contribution in [0.4, 0.5) is 0 Å². The van der Waals surface area contributed by atoms with E-state index in [0.717, 1.165) is 53.7 Å². The number of rotatable bonds is 29. The molecule has 30 heteroatoms. The van der Waals surface area contributed by atoms with Crippen LogP contribution >= 0.6 is 21.6 Å². The van der Waals surface area contributed by atoms with Crippen LogP contribution in [0.25, 0.3) is 0 Å². The molecular formula is C53H92N16O12S2. The van der Waals surface area contributed by atoms with E-state index in [1.165, 1.54) is 6.92 Å². The Bertz CT molecular complexity index is 2260. The minimum absolute atomic E-state index is 0.0608. The summed E-state index contributed by atoms with van der Waals surface area (Å²) in [4.78, 5) is 152. The summed E-state index contributed by atoms with van der Waals surface area (Å²) in [5, 5.41) is 36.4. The van der Waals surface area contributed by atoms with Gasteiger partial charge in [0.25, 0.3) is 0 Å². The quantitative estimate of drug-likeness (QED) is 0.0265. The molecule has 3 unspecified atom stereocenters. The van der Waals surface area contributed by atoms with E-state index in [9.17, 15) is 57.8 Å². The van der Waals surface area contributed by atoms with Gasteiger partial charge in [0.15, 0.2) is 0 Å². The molecule has 11 amide bonds. The number of carbonyl (C=O) groups excluding carboxylic acids is 11. The molecule has 0 saturated carbocycles. The first-order valence-electron chi connectivity index (χ1n) is 28.3. The predicted molar refractivity (Wildman–Crippen MR) is 316 cm³/mol. The smallest absolute Gasteiger partial charge is 0.245 e.